The molecule has 0 aliphatic heterocycles. The highest BCUT2D eigenvalue weighted by Gasteiger charge is 2.15. The lowest BCUT2D eigenvalue weighted by Gasteiger charge is -1.96. The van der Waals surface area contributed by atoms with Crippen LogP contribution in [-0.2, 0) is 24.4 Å². The Morgan fingerprint density at radius 2 is 1.20 bits per heavy atom. The van der Waals surface area contributed by atoms with Crippen LogP contribution < -0.4 is 0 Å². The molecule has 0 aromatic rings. The number of aliphatic hydroxyl groups is 3. The van der Waals surface area contributed by atoms with E-state index in [0.29, 0.717) is 0 Å². The zero-order valence-electron chi connectivity index (χ0n) is 7.09. The molecular weight excluding hydrogens is 260 g/mol. The lowest BCUT2D eigenvalue weighted by atomic mass is 10.4. The van der Waals surface area contributed by atoms with Gasteiger partial charge in [0, 0.05) is 0 Å². The third-order valence-corrected chi connectivity index (χ3v) is 1.97. The summed E-state index contributed by atoms with van der Waals surface area (Å²) < 4.78 is 55.6. The van der Waals surface area contributed by atoms with E-state index in [1.165, 1.54) is 0 Å². The molecule has 0 heterocycles. The molecule has 0 aliphatic carbocycles. The Morgan fingerprint density at radius 3 is 1.20 bits per heavy atom. The van der Waals surface area contributed by atoms with E-state index in [1.807, 2.05) is 0 Å². The van der Waals surface area contributed by atoms with Crippen LogP contribution in [0.25, 0.3) is 0 Å². The summed E-state index contributed by atoms with van der Waals surface area (Å²) in [5, 5.41) is 24.0. The lowest BCUT2D eigenvalue weighted by molar-refractivity contribution is 0.0450. The van der Waals surface area contributed by atoms with Gasteiger partial charge < -0.3 is 15.3 Å². The van der Waals surface area contributed by atoms with Crippen molar-refractivity contribution in [2.24, 2.45) is 0 Å². The molecule has 0 aromatic heterocycles. The van der Waals surface area contributed by atoms with Crippen molar-refractivity contribution >= 4 is 20.8 Å². The molecule has 5 N–H and O–H groups in total. The van der Waals surface area contributed by atoms with Crippen molar-refractivity contribution in [3.63, 3.8) is 0 Å². The second-order valence-electron chi connectivity index (χ2n) is 1.94. The molecule has 0 bridgehead atoms. The van der Waals surface area contributed by atoms with Crippen LogP contribution in [0.1, 0.15) is 0 Å². The number of hydrogen-bond acceptors (Lipinski definition) is 8. The highest BCUT2D eigenvalue weighted by Crippen LogP contribution is 1.91. The van der Waals surface area contributed by atoms with E-state index in [2.05, 4.69) is 3.63 Å². The standard InChI is InChI=1S/C3H8O3.H2O7S2/c4-1-3(6)2-5;1-8(2,3)7-9(4,5)6/h3-6H,1-2H2;(H,1,2,3)(H,4,5,6). The van der Waals surface area contributed by atoms with Crippen LogP contribution in [0.2, 0.25) is 0 Å². The summed E-state index contributed by atoms with van der Waals surface area (Å²) in [4.78, 5) is 0. The Balaban J connectivity index is 0. The van der Waals surface area contributed by atoms with E-state index in [1.54, 1.807) is 0 Å². The molecule has 0 saturated heterocycles. The summed E-state index contributed by atoms with van der Waals surface area (Å²) >= 11 is 0. The van der Waals surface area contributed by atoms with Gasteiger partial charge in [-0.15, -0.1) is 3.63 Å². The van der Waals surface area contributed by atoms with Crippen molar-refractivity contribution in [1.82, 2.24) is 0 Å². The normalized spacial score (nSPS) is 12.1. The van der Waals surface area contributed by atoms with Gasteiger partial charge >= 0.3 is 20.8 Å². The molecule has 12 heteroatoms. The predicted octanol–water partition coefficient (Wildman–Crippen LogP) is -3.06. The molecule has 10 nitrogen and oxygen atoms in total. The summed E-state index contributed by atoms with van der Waals surface area (Å²) in [5.74, 6) is 0. The minimum absolute atomic E-state index is 0.365. The van der Waals surface area contributed by atoms with Crippen LogP contribution >= 0.6 is 0 Å². The van der Waals surface area contributed by atoms with E-state index < -0.39 is 26.9 Å². The summed E-state index contributed by atoms with van der Waals surface area (Å²) in [6.07, 6.45) is -0.954. The largest absolute Gasteiger partial charge is 0.413 e. The smallest absolute Gasteiger partial charge is 0.394 e. The van der Waals surface area contributed by atoms with Gasteiger partial charge in [0.25, 0.3) is 0 Å². The molecule has 0 rings (SSSR count). The van der Waals surface area contributed by atoms with E-state index >= 15 is 0 Å². The maximum absolute atomic E-state index is 9.44. The number of hydrogen-bond donors (Lipinski definition) is 5. The minimum atomic E-state index is -5.12. The van der Waals surface area contributed by atoms with Gasteiger partial charge in [0.15, 0.2) is 0 Å². The van der Waals surface area contributed by atoms with Gasteiger partial charge in [-0.3, -0.25) is 9.11 Å². The fourth-order valence-electron chi connectivity index (χ4n) is 0.166. The van der Waals surface area contributed by atoms with Gasteiger partial charge in [0.05, 0.1) is 13.2 Å². The van der Waals surface area contributed by atoms with E-state index in [-0.39, 0.29) is 13.2 Å². The van der Waals surface area contributed by atoms with Gasteiger partial charge in [-0.25, -0.2) is 0 Å². The van der Waals surface area contributed by atoms with Crippen molar-refractivity contribution in [3.05, 3.63) is 0 Å². The van der Waals surface area contributed by atoms with Crippen molar-refractivity contribution < 1.29 is 44.9 Å². The Morgan fingerprint density at radius 1 is 0.933 bits per heavy atom. The second-order valence-corrected chi connectivity index (χ2v) is 4.20. The number of aliphatic hydroxyl groups excluding tert-OH is 3. The topological polar surface area (TPSA) is 179 Å². The van der Waals surface area contributed by atoms with Gasteiger partial charge in [0.1, 0.15) is 6.10 Å². The fourth-order valence-corrected chi connectivity index (χ4v) is 1.04. The van der Waals surface area contributed by atoms with Crippen molar-refractivity contribution in [1.29, 1.82) is 0 Å². The van der Waals surface area contributed by atoms with Gasteiger partial charge in [-0.2, -0.15) is 16.8 Å². The van der Waals surface area contributed by atoms with Crippen LogP contribution in [0.4, 0.5) is 0 Å². The number of rotatable bonds is 4. The summed E-state index contributed by atoms with van der Waals surface area (Å²) in [6, 6.07) is 0. The first-order valence-electron chi connectivity index (χ1n) is 3.07. The minimum Gasteiger partial charge on any atom is -0.394 e. The molecule has 0 fully saturated rings. The zero-order valence-corrected chi connectivity index (χ0v) is 8.72. The molecule has 0 unspecified atom stereocenters. The van der Waals surface area contributed by atoms with E-state index in [4.69, 9.17) is 24.4 Å². The molecule has 15 heavy (non-hydrogen) atoms. The van der Waals surface area contributed by atoms with Crippen molar-refractivity contribution in [3.8, 4) is 0 Å². The van der Waals surface area contributed by atoms with Gasteiger partial charge in [-0.05, 0) is 0 Å². The van der Waals surface area contributed by atoms with Crippen LogP contribution in [-0.4, -0.2) is 60.6 Å². The van der Waals surface area contributed by atoms with Crippen molar-refractivity contribution in [2.45, 2.75) is 6.10 Å². The Labute approximate surface area is 85.6 Å². The predicted molar refractivity (Wildman–Crippen MR) is 44.4 cm³/mol. The molecule has 0 spiro atoms. The molecule has 0 saturated carbocycles. The Bertz CT molecular complexity index is 305. The molecule has 0 aromatic carbocycles. The molecule has 0 atom stereocenters. The van der Waals surface area contributed by atoms with Crippen LogP contribution in [0.15, 0.2) is 0 Å². The first-order valence-corrected chi connectivity index (χ1v) is 5.80. The SMILES string of the molecule is O=S(=O)(O)OS(=O)(=O)O.OCC(O)CO. The maximum Gasteiger partial charge on any atom is 0.413 e. The van der Waals surface area contributed by atoms with E-state index in [0.717, 1.165) is 0 Å². The van der Waals surface area contributed by atoms with Gasteiger partial charge in [-0.1, -0.05) is 0 Å². The quantitative estimate of drug-likeness (QED) is 0.329. The highest BCUT2D eigenvalue weighted by molar-refractivity contribution is 7.94. The monoisotopic (exact) mass is 270 g/mol. The third kappa shape index (κ3) is 19.9. The average Bonchev–Trinajstić information content (AvgIpc) is 1.97. The maximum atomic E-state index is 9.44. The molecule has 94 valence electrons. The van der Waals surface area contributed by atoms with Crippen LogP contribution in [0, 0.1) is 0 Å². The summed E-state index contributed by atoms with van der Waals surface area (Å²) in [6.45, 7) is -0.729. The van der Waals surface area contributed by atoms with Crippen LogP contribution in [0.3, 0.4) is 0 Å². The fraction of sp³-hybridized carbons (Fsp3) is 1.00. The zero-order chi connectivity index (χ0) is 12.7. The molecule has 0 amide bonds. The molecular formula is C3H10O10S2. The third-order valence-electron chi connectivity index (χ3n) is 0.593. The van der Waals surface area contributed by atoms with Gasteiger partial charge in [0.2, 0.25) is 0 Å². The summed E-state index contributed by atoms with van der Waals surface area (Å²) in [7, 11) is -10.2. The van der Waals surface area contributed by atoms with E-state index in [9.17, 15) is 16.8 Å². The lowest BCUT2D eigenvalue weighted by Crippen LogP contribution is -2.15. The average molecular weight is 270 g/mol. The summed E-state index contributed by atoms with van der Waals surface area (Å²) in [5.41, 5.74) is 0. The molecule has 0 aliphatic rings. The first kappa shape index (κ1) is 17.1. The highest BCUT2D eigenvalue weighted by atomic mass is 32.3. The Kier molecular flexibility index (Phi) is 7.99. The second kappa shape index (κ2) is 7.02. The molecule has 0 radical (unpaired) electrons. The first-order chi connectivity index (χ1) is 6.52. The van der Waals surface area contributed by atoms with Crippen LogP contribution in [0.5, 0.6) is 0 Å². The Hall–Kier alpha value is -0.340. The van der Waals surface area contributed by atoms with Crippen molar-refractivity contribution in [2.75, 3.05) is 13.2 Å².